The summed E-state index contributed by atoms with van der Waals surface area (Å²) in [5.74, 6) is -0.269. The molecule has 0 saturated carbocycles. The predicted molar refractivity (Wildman–Crippen MR) is 80.7 cm³/mol. The van der Waals surface area contributed by atoms with E-state index in [2.05, 4.69) is 17.1 Å². The van der Waals surface area contributed by atoms with Crippen LogP contribution in [-0.4, -0.2) is 60.4 Å². The fourth-order valence-corrected chi connectivity index (χ4v) is 2.46. The van der Waals surface area contributed by atoms with Crippen molar-refractivity contribution >= 4 is 17.3 Å². The highest BCUT2D eigenvalue weighted by Gasteiger charge is 2.27. The predicted octanol–water partition coefficient (Wildman–Crippen LogP) is 1.41. The maximum atomic E-state index is 12.6. The number of nitrogens with zero attached hydrogens (tertiary/aromatic N) is 3. The van der Waals surface area contributed by atoms with E-state index in [-0.39, 0.29) is 17.2 Å². The van der Waals surface area contributed by atoms with Crippen LogP contribution in [0, 0.1) is 10.1 Å². The molecule has 0 radical (unpaired) electrons. The Labute approximate surface area is 123 Å². The van der Waals surface area contributed by atoms with Gasteiger partial charge in [0.15, 0.2) is 0 Å². The summed E-state index contributed by atoms with van der Waals surface area (Å²) in [6.45, 7) is 5.86. The minimum absolute atomic E-state index is 0.142. The van der Waals surface area contributed by atoms with Gasteiger partial charge in [-0.05, 0) is 18.7 Å². The van der Waals surface area contributed by atoms with E-state index in [1.807, 2.05) is 0 Å². The second-order valence-electron chi connectivity index (χ2n) is 4.97. The third-order valence-corrected chi connectivity index (χ3v) is 3.82. The van der Waals surface area contributed by atoms with Crippen LogP contribution in [0.25, 0.3) is 0 Å². The molecule has 0 aromatic heterocycles. The summed E-state index contributed by atoms with van der Waals surface area (Å²) in [5, 5.41) is 14.0. The van der Waals surface area contributed by atoms with Gasteiger partial charge in [-0.15, -0.1) is 0 Å². The van der Waals surface area contributed by atoms with E-state index < -0.39 is 4.92 Å². The Hall–Kier alpha value is -2.15. The van der Waals surface area contributed by atoms with E-state index in [9.17, 15) is 14.9 Å². The number of nitro benzene ring substituents is 1. The van der Waals surface area contributed by atoms with Gasteiger partial charge in [-0.1, -0.05) is 6.92 Å². The Morgan fingerprint density at radius 2 is 2.00 bits per heavy atom. The lowest BCUT2D eigenvalue weighted by atomic mass is 10.1. The lowest BCUT2D eigenvalue weighted by Gasteiger charge is -2.34. The van der Waals surface area contributed by atoms with Gasteiger partial charge in [0.05, 0.1) is 4.92 Å². The van der Waals surface area contributed by atoms with E-state index >= 15 is 0 Å². The summed E-state index contributed by atoms with van der Waals surface area (Å²) in [7, 11) is 1.72. The van der Waals surface area contributed by atoms with E-state index in [4.69, 9.17) is 0 Å². The molecule has 1 amide bonds. The maximum Gasteiger partial charge on any atom is 0.282 e. The fourth-order valence-electron chi connectivity index (χ4n) is 2.46. The van der Waals surface area contributed by atoms with Crippen molar-refractivity contribution in [2.45, 2.75) is 6.92 Å². The second kappa shape index (κ2) is 6.53. The van der Waals surface area contributed by atoms with Gasteiger partial charge in [-0.3, -0.25) is 14.9 Å². The first-order chi connectivity index (χ1) is 10.1. The first-order valence-electron chi connectivity index (χ1n) is 7.04. The SMILES string of the molecule is CCN1CCN(C(=O)c2cc(NC)ccc2[N+](=O)[O-])CC1. The Morgan fingerprint density at radius 3 is 2.52 bits per heavy atom. The minimum atomic E-state index is -0.505. The van der Waals surface area contributed by atoms with Gasteiger partial charge < -0.3 is 15.1 Å². The van der Waals surface area contributed by atoms with Crippen LogP contribution in [0.2, 0.25) is 0 Å². The zero-order chi connectivity index (χ0) is 15.4. The average molecular weight is 292 g/mol. The van der Waals surface area contributed by atoms with Crippen LogP contribution < -0.4 is 5.32 Å². The number of likely N-dealkylation sites (N-methyl/N-ethyl adjacent to an activating group) is 1. The molecule has 1 fully saturated rings. The summed E-state index contributed by atoms with van der Waals surface area (Å²) in [6.07, 6.45) is 0. The topological polar surface area (TPSA) is 78.7 Å². The van der Waals surface area contributed by atoms with Crippen molar-refractivity contribution in [3.8, 4) is 0 Å². The van der Waals surface area contributed by atoms with E-state index in [1.165, 1.54) is 6.07 Å². The molecule has 0 spiro atoms. The maximum absolute atomic E-state index is 12.6. The molecule has 0 bridgehead atoms. The molecular weight excluding hydrogens is 272 g/mol. The normalized spacial score (nSPS) is 15.8. The molecule has 1 aliphatic rings. The van der Waals surface area contributed by atoms with E-state index in [0.717, 1.165) is 19.6 Å². The molecule has 1 N–H and O–H groups in total. The van der Waals surface area contributed by atoms with Gasteiger partial charge in [0.2, 0.25) is 0 Å². The van der Waals surface area contributed by atoms with E-state index in [0.29, 0.717) is 18.8 Å². The summed E-state index contributed by atoms with van der Waals surface area (Å²) in [5.41, 5.74) is 0.699. The molecular formula is C14H20N4O3. The molecule has 0 atom stereocenters. The number of benzene rings is 1. The average Bonchev–Trinajstić information content (AvgIpc) is 2.53. The highest BCUT2D eigenvalue weighted by molar-refractivity contribution is 5.99. The minimum Gasteiger partial charge on any atom is -0.388 e. The number of carbonyl (C=O) groups excluding carboxylic acids is 1. The van der Waals surface area contributed by atoms with Gasteiger partial charge in [0, 0.05) is 45.0 Å². The standard InChI is InChI=1S/C14H20N4O3/c1-3-16-6-8-17(9-7-16)14(19)12-10-11(15-2)4-5-13(12)18(20)21/h4-5,10,15H,3,6-9H2,1-2H3. The lowest BCUT2D eigenvalue weighted by molar-refractivity contribution is -0.385. The van der Waals surface area contributed by atoms with Crippen LogP contribution in [-0.2, 0) is 0 Å². The fraction of sp³-hybridized carbons (Fsp3) is 0.500. The van der Waals surface area contributed by atoms with Crippen molar-refractivity contribution in [2.24, 2.45) is 0 Å². The molecule has 7 nitrogen and oxygen atoms in total. The number of nitro groups is 1. The third kappa shape index (κ3) is 3.30. The molecule has 1 aromatic carbocycles. The van der Waals surface area contributed by atoms with Gasteiger partial charge in [0.25, 0.3) is 11.6 Å². The van der Waals surface area contributed by atoms with Gasteiger partial charge in [-0.2, -0.15) is 0 Å². The van der Waals surface area contributed by atoms with Crippen LogP contribution >= 0.6 is 0 Å². The molecule has 1 saturated heterocycles. The lowest BCUT2D eigenvalue weighted by Crippen LogP contribution is -2.48. The van der Waals surface area contributed by atoms with Crippen molar-refractivity contribution in [3.05, 3.63) is 33.9 Å². The number of hydrogen-bond donors (Lipinski definition) is 1. The number of carbonyl (C=O) groups is 1. The largest absolute Gasteiger partial charge is 0.388 e. The first kappa shape index (κ1) is 15.2. The van der Waals surface area contributed by atoms with Crippen molar-refractivity contribution in [2.75, 3.05) is 45.1 Å². The van der Waals surface area contributed by atoms with Crippen molar-refractivity contribution in [1.82, 2.24) is 9.80 Å². The number of piperazine rings is 1. The van der Waals surface area contributed by atoms with Crippen LogP contribution in [0.15, 0.2) is 18.2 Å². The number of amides is 1. The van der Waals surface area contributed by atoms with Crippen LogP contribution in [0.4, 0.5) is 11.4 Å². The Kier molecular flexibility index (Phi) is 4.74. The molecule has 1 heterocycles. The summed E-state index contributed by atoms with van der Waals surface area (Å²) >= 11 is 0. The zero-order valence-electron chi connectivity index (χ0n) is 12.3. The Morgan fingerprint density at radius 1 is 1.33 bits per heavy atom. The summed E-state index contributed by atoms with van der Waals surface area (Å²) in [6, 6.07) is 4.53. The van der Waals surface area contributed by atoms with Gasteiger partial charge >= 0.3 is 0 Å². The second-order valence-corrected chi connectivity index (χ2v) is 4.97. The Balaban J connectivity index is 2.23. The molecule has 2 rings (SSSR count). The van der Waals surface area contributed by atoms with Gasteiger partial charge in [0.1, 0.15) is 5.56 Å². The number of anilines is 1. The number of nitrogens with one attached hydrogen (secondary N) is 1. The van der Waals surface area contributed by atoms with Crippen molar-refractivity contribution in [3.63, 3.8) is 0 Å². The third-order valence-electron chi connectivity index (χ3n) is 3.82. The van der Waals surface area contributed by atoms with E-state index in [1.54, 1.807) is 24.1 Å². The highest BCUT2D eigenvalue weighted by atomic mass is 16.6. The summed E-state index contributed by atoms with van der Waals surface area (Å²) in [4.78, 5) is 27.1. The van der Waals surface area contributed by atoms with Crippen molar-refractivity contribution in [1.29, 1.82) is 0 Å². The zero-order valence-corrected chi connectivity index (χ0v) is 12.3. The smallest absolute Gasteiger partial charge is 0.282 e. The highest BCUT2D eigenvalue weighted by Crippen LogP contribution is 2.24. The molecule has 21 heavy (non-hydrogen) atoms. The van der Waals surface area contributed by atoms with Crippen LogP contribution in [0.5, 0.6) is 0 Å². The quantitative estimate of drug-likeness (QED) is 0.670. The number of hydrogen-bond acceptors (Lipinski definition) is 5. The molecule has 1 aliphatic heterocycles. The van der Waals surface area contributed by atoms with Crippen LogP contribution in [0.1, 0.15) is 17.3 Å². The molecule has 1 aromatic rings. The summed E-state index contributed by atoms with van der Waals surface area (Å²) < 4.78 is 0. The molecule has 7 heteroatoms. The molecule has 0 unspecified atom stereocenters. The van der Waals surface area contributed by atoms with Crippen LogP contribution in [0.3, 0.4) is 0 Å². The van der Waals surface area contributed by atoms with Crippen molar-refractivity contribution < 1.29 is 9.72 Å². The van der Waals surface area contributed by atoms with Gasteiger partial charge in [-0.25, -0.2) is 0 Å². The molecule has 0 aliphatic carbocycles. The molecule has 114 valence electrons. The first-order valence-corrected chi connectivity index (χ1v) is 7.04. The monoisotopic (exact) mass is 292 g/mol. The Bertz CT molecular complexity index is 539. The number of rotatable bonds is 4.